The molecule has 194 valence electrons. The van der Waals surface area contributed by atoms with Crippen LogP contribution >= 0.6 is 35.6 Å². The average molecular weight is 566 g/mol. The summed E-state index contributed by atoms with van der Waals surface area (Å²) in [5, 5.41) is 5.57. The highest BCUT2D eigenvalue weighted by atomic mass is 35.5. The van der Waals surface area contributed by atoms with Gasteiger partial charge in [-0.3, -0.25) is 9.59 Å². The number of hydrogen-bond acceptors (Lipinski definition) is 6. The van der Waals surface area contributed by atoms with Crippen LogP contribution in [0.4, 0.5) is 24.5 Å². The first kappa shape index (κ1) is 28.0. The maximum Gasteiger partial charge on any atom is 0.416 e. The van der Waals surface area contributed by atoms with Crippen LogP contribution in [-0.2, 0) is 23.9 Å². The van der Waals surface area contributed by atoms with Crippen molar-refractivity contribution in [3.63, 3.8) is 0 Å². The molecule has 1 saturated heterocycles. The molecule has 2 N–H and O–H groups in total. The van der Waals surface area contributed by atoms with Crippen molar-refractivity contribution < 1.29 is 18.0 Å². The lowest BCUT2D eigenvalue weighted by molar-refractivity contribution is -0.137. The minimum Gasteiger partial charge on any atom is -0.364 e. The van der Waals surface area contributed by atoms with Gasteiger partial charge in [-0.05, 0) is 24.6 Å². The highest BCUT2D eigenvalue weighted by Crippen LogP contribution is 2.34. The number of benzene rings is 1. The molecule has 4 rings (SSSR count). The predicted octanol–water partition coefficient (Wildman–Crippen LogP) is 4.15. The number of amides is 1. The Bertz CT molecular complexity index is 1340. The highest BCUT2D eigenvalue weighted by molar-refractivity contribution is 6.33. The molecule has 36 heavy (non-hydrogen) atoms. The van der Waals surface area contributed by atoms with Crippen LogP contribution in [0, 0.1) is 0 Å². The lowest BCUT2D eigenvalue weighted by Crippen LogP contribution is -2.46. The lowest BCUT2D eigenvalue weighted by atomic mass is 10.1. The number of hydrogen-bond donors (Lipinski definition) is 2. The van der Waals surface area contributed by atoms with E-state index in [-0.39, 0.29) is 51.4 Å². The van der Waals surface area contributed by atoms with Crippen molar-refractivity contribution in [1.82, 2.24) is 19.9 Å². The molecule has 0 atom stereocenters. The van der Waals surface area contributed by atoms with E-state index in [1.807, 2.05) is 11.8 Å². The molecular weight excluding hydrogens is 544 g/mol. The van der Waals surface area contributed by atoms with Gasteiger partial charge in [0.25, 0.3) is 0 Å². The van der Waals surface area contributed by atoms with Crippen molar-refractivity contribution in [2.45, 2.75) is 26.1 Å². The van der Waals surface area contributed by atoms with Crippen LogP contribution in [0.5, 0.6) is 0 Å². The Kier molecular flexibility index (Phi) is 8.71. The lowest BCUT2D eigenvalue weighted by Gasteiger charge is -2.31. The molecule has 1 fully saturated rings. The second-order valence-electron chi connectivity index (χ2n) is 7.91. The molecule has 0 radical (unpaired) electrons. The first-order chi connectivity index (χ1) is 16.6. The molecule has 0 bridgehead atoms. The Morgan fingerprint density at radius 2 is 1.92 bits per heavy atom. The van der Waals surface area contributed by atoms with E-state index < -0.39 is 17.6 Å². The number of halogens is 6. The number of carbonyl (C=O) groups excluding carboxylic acids is 1. The molecule has 1 aliphatic heterocycles. The number of alkyl halides is 3. The Balaban J connectivity index is 0.00000361. The number of nitrogens with zero attached hydrogens (tertiary/aromatic N) is 4. The quantitative estimate of drug-likeness (QED) is 0.483. The van der Waals surface area contributed by atoms with Gasteiger partial charge in [-0.2, -0.15) is 13.2 Å². The third-order valence-corrected chi connectivity index (χ3v) is 6.14. The standard InChI is InChI=1S/C22H21Cl2F3N6O2.ClH/c1-2-15-19(32-7-5-28-6-8-32)20(35)18-21(29-10-16(24)31-18)33(15)11-17(34)30-14-4-3-12(9-13(14)23)22(25,26)27;/h3-4,9-10,28H,2,5-8,11H2,1H3,(H,30,34);1H. The van der Waals surface area contributed by atoms with Gasteiger partial charge >= 0.3 is 6.18 Å². The predicted molar refractivity (Wildman–Crippen MR) is 136 cm³/mol. The molecule has 2 aromatic heterocycles. The average Bonchev–Trinajstić information content (AvgIpc) is 2.81. The van der Waals surface area contributed by atoms with Crippen LogP contribution < -0.4 is 21.0 Å². The number of anilines is 2. The largest absolute Gasteiger partial charge is 0.416 e. The third-order valence-electron chi connectivity index (χ3n) is 5.65. The number of carbonyl (C=O) groups is 1. The maximum absolute atomic E-state index is 13.4. The van der Waals surface area contributed by atoms with Gasteiger partial charge in [0.15, 0.2) is 11.2 Å². The van der Waals surface area contributed by atoms with E-state index in [1.54, 1.807) is 4.57 Å². The number of aromatic nitrogens is 3. The first-order valence-corrected chi connectivity index (χ1v) is 11.6. The fraction of sp³-hybridized carbons (Fsp3) is 0.364. The zero-order valence-corrected chi connectivity index (χ0v) is 21.3. The molecule has 1 aromatic carbocycles. The maximum atomic E-state index is 13.4. The van der Waals surface area contributed by atoms with E-state index in [9.17, 15) is 22.8 Å². The second kappa shape index (κ2) is 11.2. The smallest absolute Gasteiger partial charge is 0.364 e. The van der Waals surface area contributed by atoms with Crippen molar-refractivity contribution in [1.29, 1.82) is 0 Å². The second-order valence-corrected chi connectivity index (χ2v) is 8.70. The molecule has 1 amide bonds. The monoisotopic (exact) mass is 564 g/mol. The van der Waals surface area contributed by atoms with Gasteiger partial charge in [-0.25, -0.2) is 9.97 Å². The number of fused-ring (bicyclic) bond motifs is 1. The Hall–Kier alpha value is -2.60. The summed E-state index contributed by atoms with van der Waals surface area (Å²) in [5.74, 6) is -0.561. The summed E-state index contributed by atoms with van der Waals surface area (Å²) < 4.78 is 40.4. The number of rotatable bonds is 5. The van der Waals surface area contributed by atoms with Crippen molar-refractivity contribution >= 4 is 64.1 Å². The summed E-state index contributed by atoms with van der Waals surface area (Å²) in [5.41, 5.74) is 0.0224. The molecule has 0 spiro atoms. The minimum absolute atomic E-state index is 0. The van der Waals surface area contributed by atoms with Crippen LogP contribution in [0.2, 0.25) is 10.2 Å². The van der Waals surface area contributed by atoms with Crippen molar-refractivity contribution in [3.05, 3.63) is 56.1 Å². The molecule has 0 aliphatic carbocycles. The van der Waals surface area contributed by atoms with Gasteiger partial charge in [0.2, 0.25) is 11.3 Å². The van der Waals surface area contributed by atoms with Crippen LogP contribution in [-0.4, -0.2) is 46.6 Å². The van der Waals surface area contributed by atoms with E-state index in [0.717, 1.165) is 18.2 Å². The van der Waals surface area contributed by atoms with E-state index in [4.69, 9.17) is 23.2 Å². The summed E-state index contributed by atoms with van der Waals surface area (Å²) >= 11 is 12.0. The van der Waals surface area contributed by atoms with Gasteiger partial charge in [0.1, 0.15) is 17.4 Å². The summed E-state index contributed by atoms with van der Waals surface area (Å²) in [7, 11) is 0. The van der Waals surface area contributed by atoms with Crippen molar-refractivity contribution in [2.75, 3.05) is 36.4 Å². The van der Waals surface area contributed by atoms with Crippen LogP contribution in [0.15, 0.2) is 29.2 Å². The molecular formula is C22H22Cl3F3N6O2. The van der Waals surface area contributed by atoms with E-state index in [2.05, 4.69) is 20.6 Å². The fourth-order valence-electron chi connectivity index (χ4n) is 4.08. The minimum atomic E-state index is -4.56. The summed E-state index contributed by atoms with van der Waals surface area (Å²) in [6, 6.07) is 2.68. The van der Waals surface area contributed by atoms with Gasteiger partial charge < -0.3 is 20.1 Å². The van der Waals surface area contributed by atoms with Crippen molar-refractivity contribution in [3.8, 4) is 0 Å². The topological polar surface area (TPSA) is 92.2 Å². The zero-order valence-electron chi connectivity index (χ0n) is 19.0. The van der Waals surface area contributed by atoms with Crippen LogP contribution in [0.1, 0.15) is 18.2 Å². The molecule has 8 nitrogen and oxygen atoms in total. The zero-order chi connectivity index (χ0) is 25.3. The summed E-state index contributed by atoms with van der Waals surface area (Å²) in [4.78, 5) is 36.8. The Morgan fingerprint density at radius 3 is 2.53 bits per heavy atom. The molecule has 0 unspecified atom stereocenters. The molecule has 14 heteroatoms. The van der Waals surface area contributed by atoms with Gasteiger partial charge in [-0.15, -0.1) is 12.4 Å². The van der Waals surface area contributed by atoms with E-state index in [0.29, 0.717) is 44.0 Å². The summed E-state index contributed by atoms with van der Waals surface area (Å²) in [6.07, 6.45) is -2.85. The molecule has 3 heterocycles. The van der Waals surface area contributed by atoms with E-state index >= 15 is 0 Å². The van der Waals surface area contributed by atoms with Gasteiger partial charge in [-0.1, -0.05) is 30.1 Å². The van der Waals surface area contributed by atoms with E-state index in [1.165, 1.54) is 6.20 Å². The molecule has 0 saturated carbocycles. The van der Waals surface area contributed by atoms with Crippen LogP contribution in [0.25, 0.3) is 11.2 Å². The van der Waals surface area contributed by atoms with Crippen LogP contribution in [0.3, 0.4) is 0 Å². The number of nitrogens with one attached hydrogen (secondary N) is 2. The van der Waals surface area contributed by atoms with Gasteiger partial charge in [0, 0.05) is 31.9 Å². The normalized spacial score (nSPS) is 14.0. The fourth-order valence-corrected chi connectivity index (χ4v) is 4.44. The van der Waals surface area contributed by atoms with Crippen molar-refractivity contribution in [2.24, 2.45) is 0 Å². The highest BCUT2D eigenvalue weighted by Gasteiger charge is 2.31. The molecule has 1 aliphatic rings. The first-order valence-electron chi connectivity index (χ1n) is 10.8. The molecule has 3 aromatic rings. The van der Waals surface area contributed by atoms with Gasteiger partial charge in [0.05, 0.1) is 22.5 Å². The third kappa shape index (κ3) is 5.69. The Labute approximate surface area is 220 Å². The number of pyridine rings is 1. The Morgan fingerprint density at radius 1 is 1.22 bits per heavy atom. The summed E-state index contributed by atoms with van der Waals surface area (Å²) in [6.45, 7) is 4.15. The SMILES string of the molecule is CCc1c(N2CCNCC2)c(=O)c2nc(Cl)cnc2n1CC(=O)Nc1ccc(C(F)(F)F)cc1Cl.Cl. The number of piperazine rings is 1.